The molecule has 1 atom stereocenters. The number of aromatic nitrogens is 4. The first-order chi connectivity index (χ1) is 11.0. The quantitative estimate of drug-likeness (QED) is 0.789. The number of hydrogen-bond donors (Lipinski definition) is 1. The highest BCUT2D eigenvalue weighted by Gasteiger charge is 2.20. The van der Waals surface area contributed by atoms with Gasteiger partial charge in [-0.15, -0.1) is 10.2 Å². The minimum atomic E-state index is -0.214. The third-order valence-electron chi connectivity index (χ3n) is 3.31. The first-order valence-corrected chi connectivity index (χ1v) is 8.68. The first kappa shape index (κ1) is 17.5. The molecule has 23 heavy (non-hydrogen) atoms. The van der Waals surface area contributed by atoms with Crippen molar-refractivity contribution >= 4 is 17.7 Å². The summed E-state index contributed by atoms with van der Waals surface area (Å²) in [4.78, 5) is 16.2. The Hall–Kier alpha value is -1.89. The summed E-state index contributed by atoms with van der Waals surface area (Å²) in [6, 6.07) is 3.81. The first-order valence-electron chi connectivity index (χ1n) is 7.80. The number of pyridine rings is 1. The fourth-order valence-corrected chi connectivity index (χ4v) is 2.97. The Morgan fingerprint density at radius 3 is 2.57 bits per heavy atom. The molecule has 0 aliphatic rings. The Balaban J connectivity index is 2.12. The fourth-order valence-electron chi connectivity index (χ4n) is 2.04. The lowest BCUT2D eigenvalue weighted by atomic mass is 10.2. The molecule has 0 aromatic carbocycles. The molecule has 7 heteroatoms. The van der Waals surface area contributed by atoms with Crippen LogP contribution < -0.4 is 5.32 Å². The van der Waals surface area contributed by atoms with Gasteiger partial charge in [-0.1, -0.05) is 25.6 Å². The van der Waals surface area contributed by atoms with E-state index in [1.165, 1.54) is 11.8 Å². The standard InChI is InChI=1S/C16H23N5OS/c1-5-21-14(13-6-8-17-9-7-13)19-20-16(21)23-12(4)15(22)18-10-11(2)3/h6-9,11-12H,5,10H2,1-4H3,(H,18,22)/t12-/m0/s1. The lowest BCUT2D eigenvalue weighted by Gasteiger charge is -2.13. The third-order valence-corrected chi connectivity index (χ3v) is 4.39. The summed E-state index contributed by atoms with van der Waals surface area (Å²) in [5.74, 6) is 1.26. The van der Waals surface area contributed by atoms with Gasteiger partial charge in [0.15, 0.2) is 11.0 Å². The molecule has 6 nitrogen and oxygen atoms in total. The Morgan fingerprint density at radius 2 is 1.96 bits per heavy atom. The molecular weight excluding hydrogens is 310 g/mol. The maximum absolute atomic E-state index is 12.1. The van der Waals surface area contributed by atoms with Gasteiger partial charge in [-0.2, -0.15) is 0 Å². The van der Waals surface area contributed by atoms with Crippen LogP contribution in [0.15, 0.2) is 29.7 Å². The maximum Gasteiger partial charge on any atom is 0.233 e. The van der Waals surface area contributed by atoms with Crippen molar-refractivity contribution in [3.8, 4) is 11.4 Å². The summed E-state index contributed by atoms with van der Waals surface area (Å²) in [7, 11) is 0. The largest absolute Gasteiger partial charge is 0.355 e. The highest BCUT2D eigenvalue weighted by Crippen LogP contribution is 2.26. The lowest BCUT2D eigenvalue weighted by Crippen LogP contribution is -2.33. The van der Waals surface area contributed by atoms with E-state index < -0.39 is 0 Å². The van der Waals surface area contributed by atoms with Crippen LogP contribution in [0.2, 0.25) is 0 Å². The second-order valence-corrected chi connectivity index (χ2v) is 6.99. The van der Waals surface area contributed by atoms with E-state index in [1.807, 2.05) is 30.5 Å². The zero-order valence-corrected chi connectivity index (χ0v) is 14.8. The van der Waals surface area contributed by atoms with Crippen molar-refractivity contribution < 1.29 is 4.79 Å². The van der Waals surface area contributed by atoms with Gasteiger partial charge in [-0.05, 0) is 31.9 Å². The molecule has 2 aromatic heterocycles. The Bertz CT molecular complexity index is 641. The Labute approximate surface area is 141 Å². The van der Waals surface area contributed by atoms with E-state index in [0.29, 0.717) is 12.5 Å². The average molecular weight is 333 g/mol. The highest BCUT2D eigenvalue weighted by atomic mass is 32.2. The number of carbonyl (C=O) groups is 1. The molecule has 0 spiro atoms. The van der Waals surface area contributed by atoms with Gasteiger partial charge in [0.2, 0.25) is 5.91 Å². The van der Waals surface area contributed by atoms with Gasteiger partial charge < -0.3 is 9.88 Å². The minimum absolute atomic E-state index is 0.0276. The summed E-state index contributed by atoms with van der Waals surface area (Å²) < 4.78 is 2.02. The van der Waals surface area contributed by atoms with E-state index in [1.54, 1.807) is 12.4 Å². The number of thioether (sulfide) groups is 1. The predicted molar refractivity (Wildman–Crippen MR) is 92.1 cm³/mol. The molecule has 1 amide bonds. The van der Waals surface area contributed by atoms with Crippen LogP contribution in [-0.4, -0.2) is 37.5 Å². The number of nitrogens with one attached hydrogen (secondary N) is 1. The van der Waals surface area contributed by atoms with Crippen molar-refractivity contribution in [2.75, 3.05) is 6.54 Å². The van der Waals surface area contributed by atoms with Crippen LogP contribution in [0.3, 0.4) is 0 Å². The highest BCUT2D eigenvalue weighted by molar-refractivity contribution is 8.00. The molecule has 2 aromatic rings. The normalized spacial score (nSPS) is 12.4. The van der Waals surface area contributed by atoms with E-state index in [-0.39, 0.29) is 11.2 Å². The van der Waals surface area contributed by atoms with Gasteiger partial charge in [-0.3, -0.25) is 9.78 Å². The number of hydrogen-bond acceptors (Lipinski definition) is 5. The number of nitrogens with zero attached hydrogens (tertiary/aromatic N) is 4. The van der Waals surface area contributed by atoms with E-state index in [0.717, 1.165) is 23.1 Å². The van der Waals surface area contributed by atoms with Crippen molar-refractivity contribution in [1.82, 2.24) is 25.1 Å². The zero-order valence-electron chi connectivity index (χ0n) is 14.0. The van der Waals surface area contributed by atoms with E-state index in [9.17, 15) is 4.79 Å². The topological polar surface area (TPSA) is 72.7 Å². The predicted octanol–water partition coefficient (Wildman–Crippen LogP) is 2.61. The molecule has 0 saturated heterocycles. The summed E-state index contributed by atoms with van der Waals surface area (Å²) >= 11 is 1.43. The second kappa shape index (κ2) is 8.10. The van der Waals surface area contributed by atoms with Crippen LogP contribution in [0.5, 0.6) is 0 Å². The maximum atomic E-state index is 12.1. The molecule has 2 rings (SSSR count). The van der Waals surface area contributed by atoms with Crippen LogP contribution in [-0.2, 0) is 11.3 Å². The van der Waals surface area contributed by atoms with Crippen LogP contribution >= 0.6 is 11.8 Å². The molecule has 1 N–H and O–H groups in total. The summed E-state index contributed by atoms with van der Waals surface area (Å²) in [6.45, 7) is 9.52. The SMILES string of the molecule is CCn1c(S[C@@H](C)C(=O)NCC(C)C)nnc1-c1ccncc1. The average Bonchev–Trinajstić information content (AvgIpc) is 2.95. The van der Waals surface area contributed by atoms with Crippen LogP contribution in [0, 0.1) is 5.92 Å². The Morgan fingerprint density at radius 1 is 1.26 bits per heavy atom. The fraction of sp³-hybridized carbons (Fsp3) is 0.500. The molecule has 0 radical (unpaired) electrons. The zero-order chi connectivity index (χ0) is 16.8. The van der Waals surface area contributed by atoms with E-state index >= 15 is 0 Å². The van der Waals surface area contributed by atoms with Gasteiger partial charge >= 0.3 is 0 Å². The van der Waals surface area contributed by atoms with Gasteiger partial charge in [0.05, 0.1) is 5.25 Å². The van der Waals surface area contributed by atoms with E-state index in [2.05, 4.69) is 34.3 Å². The van der Waals surface area contributed by atoms with Gasteiger partial charge in [0.25, 0.3) is 0 Å². The number of carbonyl (C=O) groups excluding carboxylic acids is 1. The third kappa shape index (κ3) is 4.54. The minimum Gasteiger partial charge on any atom is -0.355 e. The monoisotopic (exact) mass is 333 g/mol. The summed E-state index contributed by atoms with van der Waals surface area (Å²) in [5, 5.41) is 12.0. The molecule has 124 valence electrons. The molecule has 0 aliphatic carbocycles. The van der Waals surface area contributed by atoms with Gasteiger partial charge in [0, 0.05) is 31.0 Å². The van der Waals surface area contributed by atoms with Crippen LogP contribution in [0.1, 0.15) is 27.7 Å². The van der Waals surface area contributed by atoms with Crippen LogP contribution in [0.4, 0.5) is 0 Å². The summed E-state index contributed by atoms with van der Waals surface area (Å²) in [6.07, 6.45) is 3.47. The summed E-state index contributed by atoms with van der Waals surface area (Å²) in [5.41, 5.74) is 0.970. The van der Waals surface area contributed by atoms with Crippen LogP contribution in [0.25, 0.3) is 11.4 Å². The van der Waals surface area contributed by atoms with Crippen molar-refractivity contribution in [3.05, 3.63) is 24.5 Å². The number of rotatable bonds is 7. The molecule has 0 saturated carbocycles. The van der Waals surface area contributed by atoms with Crippen molar-refractivity contribution in [2.24, 2.45) is 5.92 Å². The van der Waals surface area contributed by atoms with E-state index in [4.69, 9.17) is 0 Å². The van der Waals surface area contributed by atoms with Crippen molar-refractivity contribution in [1.29, 1.82) is 0 Å². The molecule has 0 fully saturated rings. The Kier molecular flexibility index (Phi) is 6.15. The van der Waals surface area contributed by atoms with Crippen molar-refractivity contribution in [2.45, 2.75) is 44.6 Å². The van der Waals surface area contributed by atoms with Crippen molar-refractivity contribution in [3.63, 3.8) is 0 Å². The molecule has 0 unspecified atom stereocenters. The van der Waals surface area contributed by atoms with Gasteiger partial charge in [0.1, 0.15) is 0 Å². The van der Waals surface area contributed by atoms with Gasteiger partial charge in [-0.25, -0.2) is 0 Å². The molecule has 0 bridgehead atoms. The molecular formula is C16H23N5OS. The molecule has 2 heterocycles. The lowest BCUT2D eigenvalue weighted by molar-refractivity contribution is -0.120. The molecule has 0 aliphatic heterocycles. The smallest absolute Gasteiger partial charge is 0.233 e. The number of amides is 1. The second-order valence-electron chi connectivity index (χ2n) is 5.69.